The first kappa shape index (κ1) is 18.9. The molecule has 0 bridgehead atoms. The Labute approximate surface area is 120 Å². The highest BCUT2D eigenvalue weighted by atomic mass is 16.3. The van der Waals surface area contributed by atoms with Crippen LogP contribution < -0.4 is 0 Å². The van der Waals surface area contributed by atoms with E-state index >= 15 is 0 Å². The molecule has 0 saturated heterocycles. The summed E-state index contributed by atoms with van der Waals surface area (Å²) in [6.07, 6.45) is -0.270. The Kier molecular flexibility index (Phi) is 7.05. The first-order chi connectivity index (χ1) is 8.44. The number of aliphatic hydroxyl groups excluding tert-OH is 1. The van der Waals surface area contributed by atoms with Crippen LogP contribution >= 0.6 is 0 Å². The SMILES string of the molecule is CC(C)C(O)C(C)C(C)C(C)C(C)C(C)(O)C(C)C. The molecule has 6 unspecified atom stereocenters. The number of hydrogen-bond acceptors (Lipinski definition) is 2. The maximum atomic E-state index is 10.6. The summed E-state index contributed by atoms with van der Waals surface area (Å²) in [6.45, 7) is 18.9. The summed E-state index contributed by atoms with van der Waals surface area (Å²) < 4.78 is 0. The van der Waals surface area contributed by atoms with Gasteiger partial charge in [-0.1, -0.05) is 55.4 Å². The Morgan fingerprint density at radius 2 is 1.16 bits per heavy atom. The molecule has 0 radical (unpaired) electrons. The van der Waals surface area contributed by atoms with Crippen molar-refractivity contribution in [2.75, 3.05) is 0 Å². The maximum absolute atomic E-state index is 10.6. The third kappa shape index (κ3) is 4.46. The predicted octanol–water partition coefficient (Wildman–Crippen LogP) is 3.95. The molecule has 0 aromatic heterocycles. The third-order valence-electron chi connectivity index (χ3n) is 5.76. The summed E-state index contributed by atoms with van der Waals surface area (Å²) in [7, 11) is 0. The van der Waals surface area contributed by atoms with Crippen molar-refractivity contribution in [2.45, 2.75) is 74.0 Å². The van der Waals surface area contributed by atoms with Crippen LogP contribution in [-0.4, -0.2) is 21.9 Å². The zero-order chi connectivity index (χ0) is 15.5. The second-order valence-electron chi connectivity index (χ2n) is 7.48. The molecule has 0 spiro atoms. The van der Waals surface area contributed by atoms with Crippen LogP contribution in [0.1, 0.15) is 62.3 Å². The highest BCUT2D eigenvalue weighted by molar-refractivity contribution is 4.88. The summed E-state index contributed by atoms with van der Waals surface area (Å²) >= 11 is 0. The molecule has 0 heterocycles. The Bertz CT molecular complexity index is 258. The molecule has 0 aliphatic carbocycles. The number of hydrogen-bond donors (Lipinski definition) is 2. The van der Waals surface area contributed by atoms with Crippen molar-refractivity contribution in [1.29, 1.82) is 0 Å². The first-order valence-electron chi connectivity index (χ1n) is 7.84. The van der Waals surface area contributed by atoms with Gasteiger partial charge >= 0.3 is 0 Å². The van der Waals surface area contributed by atoms with E-state index in [4.69, 9.17) is 0 Å². The lowest BCUT2D eigenvalue weighted by Gasteiger charge is -2.42. The second-order valence-corrected chi connectivity index (χ2v) is 7.48. The van der Waals surface area contributed by atoms with Gasteiger partial charge in [-0.15, -0.1) is 0 Å². The van der Waals surface area contributed by atoms with Gasteiger partial charge in [-0.05, 0) is 42.4 Å². The fourth-order valence-corrected chi connectivity index (χ4v) is 2.91. The van der Waals surface area contributed by atoms with Crippen molar-refractivity contribution in [3.63, 3.8) is 0 Å². The molecule has 0 saturated carbocycles. The standard InChI is InChI=1S/C17H36O2/c1-10(2)16(18)14(7)12(5)13(6)15(8)17(9,19)11(3)4/h10-16,18-19H,1-9H3. The van der Waals surface area contributed by atoms with E-state index in [1.54, 1.807) is 0 Å². The molecule has 19 heavy (non-hydrogen) atoms. The van der Waals surface area contributed by atoms with Gasteiger partial charge in [-0.3, -0.25) is 0 Å². The minimum atomic E-state index is -0.657. The smallest absolute Gasteiger partial charge is 0.0670 e. The fraction of sp³-hybridized carbons (Fsp3) is 1.00. The van der Waals surface area contributed by atoms with E-state index in [1.807, 2.05) is 6.92 Å². The van der Waals surface area contributed by atoms with Crippen LogP contribution in [0.3, 0.4) is 0 Å². The molecule has 0 fully saturated rings. The predicted molar refractivity (Wildman–Crippen MR) is 83.0 cm³/mol. The average molecular weight is 272 g/mol. The van der Waals surface area contributed by atoms with Gasteiger partial charge in [0, 0.05) is 0 Å². The molecular formula is C17H36O2. The van der Waals surface area contributed by atoms with Crippen LogP contribution in [-0.2, 0) is 0 Å². The second kappa shape index (κ2) is 7.08. The summed E-state index contributed by atoms with van der Waals surface area (Å²) in [5, 5.41) is 20.9. The van der Waals surface area contributed by atoms with Crippen molar-refractivity contribution < 1.29 is 10.2 Å². The van der Waals surface area contributed by atoms with E-state index in [-0.39, 0.29) is 29.8 Å². The van der Waals surface area contributed by atoms with Crippen LogP contribution in [0.5, 0.6) is 0 Å². The summed E-state index contributed by atoms with van der Waals surface area (Å²) in [6, 6.07) is 0. The van der Waals surface area contributed by atoms with Gasteiger partial charge in [-0.25, -0.2) is 0 Å². The molecular weight excluding hydrogens is 236 g/mol. The van der Waals surface area contributed by atoms with Gasteiger partial charge in [0.2, 0.25) is 0 Å². The van der Waals surface area contributed by atoms with E-state index in [2.05, 4.69) is 55.4 Å². The fourth-order valence-electron chi connectivity index (χ4n) is 2.91. The number of rotatable bonds is 7. The number of aliphatic hydroxyl groups is 2. The van der Waals surface area contributed by atoms with Crippen LogP contribution in [0.2, 0.25) is 0 Å². The van der Waals surface area contributed by atoms with Crippen molar-refractivity contribution >= 4 is 0 Å². The van der Waals surface area contributed by atoms with Crippen molar-refractivity contribution in [3.8, 4) is 0 Å². The molecule has 2 N–H and O–H groups in total. The largest absolute Gasteiger partial charge is 0.393 e. The van der Waals surface area contributed by atoms with Crippen LogP contribution in [0.25, 0.3) is 0 Å². The highest BCUT2D eigenvalue weighted by Crippen LogP contribution is 2.38. The molecule has 116 valence electrons. The van der Waals surface area contributed by atoms with E-state index in [0.717, 1.165) is 0 Å². The molecule has 0 aliphatic heterocycles. The van der Waals surface area contributed by atoms with Gasteiger partial charge in [-0.2, -0.15) is 0 Å². The Morgan fingerprint density at radius 1 is 0.737 bits per heavy atom. The molecule has 0 aromatic carbocycles. The zero-order valence-corrected chi connectivity index (χ0v) is 14.4. The third-order valence-corrected chi connectivity index (χ3v) is 5.76. The van der Waals surface area contributed by atoms with Gasteiger partial charge < -0.3 is 10.2 Å². The van der Waals surface area contributed by atoms with Gasteiger partial charge in [0.15, 0.2) is 0 Å². The monoisotopic (exact) mass is 272 g/mol. The van der Waals surface area contributed by atoms with E-state index in [9.17, 15) is 10.2 Å². The molecule has 6 atom stereocenters. The van der Waals surface area contributed by atoms with E-state index in [1.165, 1.54) is 0 Å². The lowest BCUT2D eigenvalue weighted by atomic mass is 9.67. The lowest BCUT2D eigenvalue weighted by Crippen LogP contribution is -2.44. The first-order valence-corrected chi connectivity index (χ1v) is 7.84. The minimum absolute atomic E-state index is 0.212. The molecule has 2 heteroatoms. The van der Waals surface area contributed by atoms with Crippen molar-refractivity contribution in [1.82, 2.24) is 0 Å². The van der Waals surface area contributed by atoms with Gasteiger partial charge in [0.1, 0.15) is 0 Å². The molecule has 2 nitrogen and oxygen atoms in total. The Hall–Kier alpha value is -0.0800. The molecule has 0 rings (SSSR count). The highest BCUT2D eigenvalue weighted by Gasteiger charge is 2.39. The topological polar surface area (TPSA) is 40.5 Å². The zero-order valence-electron chi connectivity index (χ0n) is 14.4. The van der Waals surface area contributed by atoms with Crippen LogP contribution in [0.15, 0.2) is 0 Å². The lowest BCUT2D eigenvalue weighted by molar-refractivity contribution is -0.0729. The van der Waals surface area contributed by atoms with E-state index < -0.39 is 5.60 Å². The summed E-state index contributed by atoms with van der Waals surface area (Å²) in [5.74, 6) is 1.75. The van der Waals surface area contributed by atoms with Crippen molar-refractivity contribution in [2.24, 2.45) is 35.5 Å². The molecule has 0 amide bonds. The molecule has 0 aromatic rings. The summed E-state index contributed by atoms with van der Waals surface area (Å²) in [4.78, 5) is 0. The van der Waals surface area contributed by atoms with Crippen LogP contribution in [0, 0.1) is 35.5 Å². The van der Waals surface area contributed by atoms with E-state index in [0.29, 0.717) is 11.8 Å². The Balaban J connectivity index is 4.86. The minimum Gasteiger partial charge on any atom is -0.393 e. The van der Waals surface area contributed by atoms with Gasteiger partial charge in [0.25, 0.3) is 0 Å². The van der Waals surface area contributed by atoms with Crippen molar-refractivity contribution in [3.05, 3.63) is 0 Å². The quantitative estimate of drug-likeness (QED) is 0.736. The molecule has 0 aliphatic rings. The van der Waals surface area contributed by atoms with Crippen LogP contribution in [0.4, 0.5) is 0 Å². The maximum Gasteiger partial charge on any atom is 0.0670 e. The van der Waals surface area contributed by atoms with Gasteiger partial charge in [0.05, 0.1) is 11.7 Å². The normalized spacial score (nSPS) is 23.8. The summed E-state index contributed by atoms with van der Waals surface area (Å²) in [5.41, 5.74) is -0.657. The Morgan fingerprint density at radius 3 is 1.47 bits per heavy atom. The average Bonchev–Trinajstić information content (AvgIpc) is 2.33.